The Labute approximate surface area is 103 Å². The van der Waals surface area contributed by atoms with Crippen molar-refractivity contribution in [2.75, 3.05) is 18.8 Å². The second-order valence-corrected chi connectivity index (χ2v) is 4.08. The van der Waals surface area contributed by atoms with Gasteiger partial charge in [-0.2, -0.15) is 0 Å². The van der Waals surface area contributed by atoms with Gasteiger partial charge in [-0.15, -0.1) is 6.58 Å². The predicted molar refractivity (Wildman–Crippen MR) is 72.0 cm³/mol. The van der Waals surface area contributed by atoms with Crippen LogP contribution in [0.25, 0.3) is 0 Å². The Balaban J connectivity index is 3.00. The molecule has 0 aliphatic carbocycles. The smallest absolute Gasteiger partial charge is 0.256 e. The highest BCUT2D eigenvalue weighted by Gasteiger charge is 2.16. The molecule has 0 fully saturated rings. The monoisotopic (exact) mass is 232 g/mol. The summed E-state index contributed by atoms with van der Waals surface area (Å²) in [5, 5.41) is 0. The van der Waals surface area contributed by atoms with Crippen molar-refractivity contribution in [1.29, 1.82) is 0 Å². The van der Waals surface area contributed by atoms with Crippen LogP contribution in [0.4, 0.5) is 5.69 Å². The minimum atomic E-state index is -0.0204. The maximum absolute atomic E-state index is 12.3. The summed E-state index contributed by atoms with van der Waals surface area (Å²) in [6.45, 7) is 8.90. The van der Waals surface area contributed by atoms with Gasteiger partial charge in [-0.25, -0.2) is 0 Å². The van der Waals surface area contributed by atoms with Crippen LogP contribution in [0.5, 0.6) is 0 Å². The van der Waals surface area contributed by atoms with E-state index in [1.807, 2.05) is 26.0 Å². The van der Waals surface area contributed by atoms with Crippen LogP contribution in [0, 0.1) is 6.92 Å². The molecule has 0 aliphatic heterocycles. The number of nitrogen functional groups attached to an aromatic ring is 1. The second-order valence-electron chi connectivity index (χ2n) is 4.08. The van der Waals surface area contributed by atoms with Gasteiger partial charge in [0.2, 0.25) is 0 Å². The largest absolute Gasteiger partial charge is 0.398 e. The van der Waals surface area contributed by atoms with Gasteiger partial charge in [-0.1, -0.05) is 25.1 Å². The first-order valence-electron chi connectivity index (χ1n) is 5.87. The predicted octanol–water partition coefficient (Wildman–Crippen LogP) is 2.62. The maximum Gasteiger partial charge on any atom is 0.256 e. The molecule has 0 atom stereocenters. The Kier molecular flexibility index (Phi) is 4.76. The fraction of sp³-hybridized carbons (Fsp3) is 0.357. The molecular formula is C14H20N2O. The molecule has 2 N–H and O–H groups in total. The highest BCUT2D eigenvalue weighted by molar-refractivity contribution is 5.99. The number of benzene rings is 1. The Morgan fingerprint density at radius 1 is 1.53 bits per heavy atom. The fourth-order valence-corrected chi connectivity index (χ4v) is 1.74. The summed E-state index contributed by atoms with van der Waals surface area (Å²) in [6.07, 6.45) is 2.66. The van der Waals surface area contributed by atoms with Gasteiger partial charge in [0.1, 0.15) is 0 Å². The first kappa shape index (κ1) is 13.3. The van der Waals surface area contributed by atoms with E-state index in [2.05, 4.69) is 6.58 Å². The second kappa shape index (κ2) is 6.09. The van der Waals surface area contributed by atoms with E-state index in [0.29, 0.717) is 17.8 Å². The molecular weight excluding hydrogens is 212 g/mol. The number of para-hydroxylation sites is 1. The lowest BCUT2D eigenvalue weighted by atomic mass is 10.1. The van der Waals surface area contributed by atoms with Crippen molar-refractivity contribution in [3.8, 4) is 0 Å². The van der Waals surface area contributed by atoms with Crippen molar-refractivity contribution in [3.05, 3.63) is 42.0 Å². The summed E-state index contributed by atoms with van der Waals surface area (Å²) in [4.78, 5) is 14.1. The van der Waals surface area contributed by atoms with Crippen molar-refractivity contribution in [1.82, 2.24) is 4.90 Å². The van der Waals surface area contributed by atoms with Crippen molar-refractivity contribution < 1.29 is 4.79 Å². The Morgan fingerprint density at radius 3 is 2.82 bits per heavy atom. The number of amides is 1. The third-order valence-corrected chi connectivity index (χ3v) is 2.68. The molecule has 0 heterocycles. The molecule has 0 unspecified atom stereocenters. The van der Waals surface area contributed by atoms with E-state index >= 15 is 0 Å². The summed E-state index contributed by atoms with van der Waals surface area (Å²) in [5.41, 5.74) is 8.03. The Bertz CT molecular complexity index is 413. The van der Waals surface area contributed by atoms with E-state index in [9.17, 15) is 4.79 Å². The molecule has 0 radical (unpaired) electrons. The topological polar surface area (TPSA) is 46.3 Å². The molecule has 1 aromatic carbocycles. The number of nitrogens with zero attached hydrogens (tertiary/aromatic N) is 1. The number of carbonyl (C=O) groups is 1. The van der Waals surface area contributed by atoms with Crippen molar-refractivity contribution in [3.63, 3.8) is 0 Å². The Morgan fingerprint density at radius 2 is 2.24 bits per heavy atom. The summed E-state index contributed by atoms with van der Waals surface area (Å²) >= 11 is 0. The summed E-state index contributed by atoms with van der Waals surface area (Å²) in [5.74, 6) is -0.0204. The van der Waals surface area contributed by atoms with Crippen LogP contribution in [-0.2, 0) is 0 Å². The molecule has 0 saturated carbocycles. The normalized spacial score (nSPS) is 10.0. The zero-order valence-electron chi connectivity index (χ0n) is 10.6. The van der Waals surface area contributed by atoms with Gasteiger partial charge in [0, 0.05) is 18.8 Å². The molecule has 92 valence electrons. The summed E-state index contributed by atoms with van der Waals surface area (Å²) in [7, 11) is 0. The van der Waals surface area contributed by atoms with Gasteiger partial charge in [-0.05, 0) is 25.0 Å². The maximum atomic E-state index is 12.3. The van der Waals surface area contributed by atoms with E-state index < -0.39 is 0 Å². The van der Waals surface area contributed by atoms with Gasteiger partial charge in [0.25, 0.3) is 5.91 Å². The molecule has 0 saturated heterocycles. The first-order chi connectivity index (χ1) is 8.11. The van der Waals surface area contributed by atoms with Gasteiger partial charge < -0.3 is 10.6 Å². The van der Waals surface area contributed by atoms with E-state index in [1.54, 1.807) is 17.0 Å². The van der Waals surface area contributed by atoms with E-state index in [0.717, 1.165) is 18.5 Å². The molecule has 3 heteroatoms. The van der Waals surface area contributed by atoms with Crippen LogP contribution >= 0.6 is 0 Å². The zero-order chi connectivity index (χ0) is 12.8. The first-order valence-corrected chi connectivity index (χ1v) is 5.87. The number of hydrogen-bond donors (Lipinski definition) is 1. The molecule has 1 amide bonds. The van der Waals surface area contributed by atoms with Gasteiger partial charge in [0.05, 0.1) is 5.56 Å². The van der Waals surface area contributed by atoms with Crippen LogP contribution in [-0.4, -0.2) is 23.9 Å². The van der Waals surface area contributed by atoms with Gasteiger partial charge in [0.15, 0.2) is 0 Å². The lowest BCUT2D eigenvalue weighted by Gasteiger charge is -2.21. The van der Waals surface area contributed by atoms with Crippen LogP contribution < -0.4 is 5.73 Å². The number of hydrogen-bond acceptors (Lipinski definition) is 2. The standard InChI is InChI=1S/C14H20N2O/c1-4-9-16(10-5-2)14(17)12-8-6-7-11(3)13(12)15/h4,6-8H,1,5,9-10,15H2,2-3H3. The minimum Gasteiger partial charge on any atom is -0.398 e. The highest BCUT2D eigenvalue weighted by Crippen LogP contribution is 2.18. The third kappa shape index (κ3) is 3.09. The number of carbonyl (C=O) groups excluding carboxylic acids is 1. The molecule has 1 aromatic rings. The summed E-state index contributed by atoms with van der Waals surface area (Å²) in [6, 6.07) is 5.54. The quantitative estimate of drug-likeness (QED) is 0.626. The van der Waals surface area contributed by atoms with E-state index in [1.165, 1.54) is 0 Å². The number of nitrogens with two attached hydrogens (primary N) is 1. The van der Waals surface area contributed by atoms with Crippen LogP contribution in [0.15, 0.2) is 30.9 Å². The molecule has 1 rings (SSSR count). The highest BCUT2D eigenvalue weighted by atomic mass is 16.2. The summed E-state index contributed by atoms with van der Waals surface area (Å²) < 4.78 is 0. The van der Waals surface area contributed by atoms with Crippen LogP contribution in [0.2, 0.25) is 0 Å². The Hall–Kier alpha value is -1.77. The average molecular weight is 232 g/mol. The SMILES string of the molecule is C=CCN(CCC)C(=O)c1cccc(C)c1N. The average Bonchev–Trinajstić information content (AvgIpc) is 2.31. The van der Waals surface area contributed by atoms with E-state index in [-0.39, 0.29) is 5.91 Å². The van der Waals surface area contributed by atoms with Crippen molar-refractivity contribution >= 4 is 11.6 Å². The fourth-order valence-electron chi connectivity index (χ4n) is 1.74. The van der Waals surface area contributed by atoms with E-state index in [4.69, 9.17) is 5.73 Å². The molecule has 0 spiro atoms. The number of anilines is 1. The third-order valence-electron chi connectivity index (χ3n) is 2.68. The van der Waals surface area contributed by atoms with Crippen LogP contribution in [0.1, 0.15) is 29.3 Å². The number of rotatable bonds is 5. The molecule has 3 nitrogen and oxygen atoms in total. The lowest BCUT2D eigenvalue weighted by Crippen LogP contribution is -2.32. The van der Waals surface area contributed by atoms with Gasteiger partial charge >= 0.3 is 0 Å². The van der Waals surface area contributed by atoms with Crippen LogP contribution in [0.3, 0.4) is 0 Å². The molecule has 0 bridgehead atoms. The molecule has 0 aromatic heterocycles. The molecule has 0 aliphatic rings. The van der Waals surface area contributed by atoms with Gasteiger partial charge in [-0.3, -0.25) is 4.79 Å². The van der Waals surface area contributed by atoms with Crippen molar-refractivity contribution in [2.24, 2.45) is 0 Å². The lowest BCUT2D eigenvalue weighted by molar-refractivity contribution is 0.0775. The van der Waals surface area contributed by atoms with Crippen molar-refractivity contribution in [2.45, 2.75) is 20.3 Å². The zero-order valence-corrected chi connectivity index (χ0v) is 10.6. The number of aryl methyl sites for hydroxylation is 1. The minimum absolute atomic E-state index is 0.0204. The molecule has 17 heavy (non-hydrogen) atoms.